The van der Waals surface area contributed by atoms with Gasteiger partial charge in [-0.2, -0.15) is 0 Å². The molecule has 0 saturated carbocycles. The highest BCUT2D eigenvalue weighted by Gasteiger charge is 2.55. The number of fused-ring (bicyclic) bond motifs is 28. The average Bonchev–Trinajstić information content (AvgIpc) is 1.56. The molecule has 6 aliphatic rings. The summed E-state index contributed by atoms with van der Waals surface area (Å²) in [5, 5.41) is 0. The van der Waals surface area contributed by atoms with Crippen LogP contribution in [0.1, 0.15) is 66.8 Å². The van der Waals surface area contributed by atoms with Gasteiger partial charge in [0.1, 0.15) is 23.0 Å². The summed E-state index contributed by atoms with van der Waals surface area (Å²) in [4.78, 5) is 2.55. The van der Waals surface area contributed by atoms with Crippen LogP contribution in [0.4, 0.5) is 17.1 Å². The minimum Gasteiger partial charge on any atom is -0.457 e. The maximum absolute atomic E-state index is 6.83. The monoisotopic (exact) mass is 1070 g/mol. The Hall–Kier alpha value is -10.7. The smallest absolute Gasteiger partial charge is 0.132 e. The molecule has 19 rings (SSSR count). The molecule has 4 aliphatic carbocycles. The van der Waals surface area contributed by atoms with E-state index >= 15 is 0 Å². The van der Waals surface area contributed by atoms with E-state index in [4.69, 9.17) is 9.47 Å². The molecule has 84 heavy (non-hydrogen) atoms. The molecule has 3 nitrogen and oxygen atoms in total. The van der Waals surface area contributed by atoms with Crippen LogP contribution < -0.4 is 14.4 Å². The summed E-state index contributed by atoms with van der Waals surface area (Å²) in [5.74, 6) is 3.54. The number of benzene rings is 13. The first-order valence-corrected chi connectivity index (χ1v) is 29.2. The van der Waals surface area contributed by atoms with Gasteiger partial charge in [-0.3, -0.25) is 0 Å². The molecule has 2 heterocycles. The van der Waals surface area contributed by atoms with E-state index in [1.165, 1.54) is 89.0 Å². The van der Waals surface area contributed by atoms with Crippen molar-refractivity contribution in [3.63, 3.8) is 0 Å². The zero-order valence-corrected chi connectivity index (χ0v) is 45.6. The van der Waals surface area contributed by atoms with Crippen molar-refractivity contribution < 1.29 is 9.47 Å². The highest BCUT2D eigenvalue weighted by atomic mass is 16.5. The third kappa shape index (κ3) is 5.62. The van der Waals surface area contributed by atoms with Crippen molar-refractivity contribution in [1.29, 1.82) is 0 Å². The summed E-state index contributed by atoms with van der Waals surface area (Å²) in [6.07, 6.45) is 0. The summed E-state index contributed by atoms with van der Waals surface area (Å²) in [6, 6.07) is 111. The van der Waals surface area contributed by atoms with Crippen LogP contribution in [-0.4, -0.2) is 0 Å². The fourth-order valence-electron chi connectivity index (χ4n) is 16.6. The number of hydrogen-bond acceptors (Lipinski definition) is 3. The maximum atomic E-state index is 6.83. The van der Waals surface area contributed by atoms with Crippen LogP contribution in [0.15, 0.2) is 297 Å². The van der Waals surface area contributed by atoms with Crippen molar-refractivity contribution in [2.75, 3.05) is 4.90 Å². The largest absolute Gasteiger partial charge is 0.457 e. The Morgan fingerprint density at radius 1 is 0.214 bits per heavy atom. The molecule has 0 N–H and O–H groups in total. The topological polar surface area (TPSA) is 21.7 Å². The van der Waals surface area contributed by atoms with Crippen molar-refractivity contribution in [2.24, 2.45) is 0 Å². The lowest BCUT2D eigenvalue weighted by molar-refractivity contribution is 0.436. The number of para-hydroxylation sites is 4. The zero-order valence-electron chi connectivity index (χ0n) is 45.6. The summed E-state index contributed by atoms with van der Waals surface area (Å²) < 4.78 is 13.5. The predicted octanol–water partition coefficient (Wildman–Crippen LogP) is 20.1. The molecule has 0 radical (unpaired) electrons. The van der Waals surface area contributed by atoms with E-state index in [0.717, 1.165) is 73.4 Å². The van der Waals surface area contributed by atoms with Gasteiger partial charge in [-0.1, -0.05) is 237 Å². The lowest BCUT2D eigenvalue weighted by Gasteiger charge is -2.39. The van der Waals surface area contributed by atoms with Gasteiger partial charge < -0.3 is 14.4 Å². The van der Waals surface area contributed by atoms with E-state index in [0.29, 0.717) is 0 Å². The van der Waals surface area contributed by atoms with E-state index in [2.05, 4.69) is 302 Å². The zero-order chi connectivity index (χ0) is 54.9. The molecule has 390 valence electrons. The molecule has 0 fully saturated rings. The Kier molecular flexibility index (Phi) is 9.13. The molecule has 0 unspecified atom stereocenters. The van der Waals surface area contributed by atoms with Gasteiger partial charge in [0.15, 0.2) is 0 Å². The fourth-order valence-corrected chi connectivity index (χ4v) is 16.6. The second-order valence-corrected chi connectivity index (χ2v) is 23.2. The Morgan fingerprint density at radius 2 is 0.536 bits per heavy atom. The van der Waals surface area contributed by atoms with Gasteiger partial charge in [-0.25, -0.2) is 0 Å². The number of hydrogen-bond donors (Lipinski definition) is 0. The van der Waals surface area contributed by atoms with Gasteiger partial charge >= 0.3 is 0 Å². The minimum absolute atomic E-state index is 0.514. The molecule has 0 amide bonds. The molecule has 0 saturated heterocycles. The third-order valence-corrected chi connectivity index (χ3v) is 19.6. The minimum atomic E-state index is -0.647. The van der Waals surface area contributed by atoms with Crippen molar-refractivity contribution in [2.45, 2.75) is 16.2 Å². The molecule has 13 aromatic carbocycles. The number of nitrogens with zero attached hydrogens (tertiary/aromatic N) is 1. The summed E-state index contributed by atoms with van der Waals surface area (Å²) >= 11 is 0. The molecule has 0 atom stereocenters. The Labute approximate surface area is 487 Å². The standard InChI is InChI=1S/C81H49NO2/c1-6-25-61-54(20-1)55-21-2-7-26-62(55)79(61)65-29-10-5-24-60(65)78-70(79)34-19-35-73(78)82(53-45-47-59-57-23-4-9-28-64(57)81(72(59)49-53)68-32-13-17-38-76(68)84-77-39-18-14-33-69(77)81)52-43-40-50(41-44-52)51-42-46-58-56-22-3-8-27-63(56)80(71(58)48-51)66-30-11-15-36-74(66)83-75-37-16-12-31-67(75)80/h1-49H. The van der Waals surface area contributed by atoms with Gasteiger partial charge in [0.2, 0.25) is 0 Å². The number of anilines is 3. The first kappa shape index (κ1) is 45.9. The van der Waals surface area contributed by atoms with Crippen LogP contribution in [0.5, 0.6) is 23.0 Å². The Bertz CT molecular complexity index is 4870. The number of ether oxygens (including phenoxy) is 2. The predicted molar refractivity (Wildman–Crippen MR) is 338 cm³/mol. The maximum Gasteiger partial charge on any atom is 0.132 e. The van der Waals surface area contributed by atoms with Crippen molar-refractivity contribution in [3.8, 4) is 78.6 Å². The van der Waals surface area contributed by atoms with Crippen molar-refractivity contribution >= 4 is 17.1 Å². The second kappa shape index (κ2) is 16.7. The summed E-state index contributed by atoms with van der Waals surface area (Å²) in [7, 11) is 0. The Balaban J connectivity index is 0.846. The molecular weight excluding hydrogens is 1020 g/mol. The fraction of sp³-hybridized carbons (Fsp3) is 0.0370. The highest BCUT2D eigenvalue weighted by molar-refractivity contribution is 6.02. The van der Waals surface area contributed by atoms with Crippen molar-refractivity contribution in [3.05, 3.63) is 364 Å². The lowest BCUT2D eigenvalue weighted by Crippen LogP contribution is -2.32. The van der Waals surface area contributed by atoms with E-state index in [-0.39, 0.29) is 0 Å². The van der Waals surface area contributed by atoms with Gasteiger partial charge in [-0.15, -0.1) is 0 Å². The molecule has 13 aromatic rings. The molecule has 2 aliphatic heterocycles. The highest BCUT2D eigenvalue weighted by Crippen LogP contribution is 2.67. The molecule has 0 aromatic heterocycles. The SMILES string of the molecule is c1ccc2c(c1)Oc1ccccc1C21c2ccccc2-c2ccc(-c3ccc(N(c4ccc5c(c4)C4(c6ccccc6Oc6ccccc64)c4ccccc4-5)c4cccc5c4-c4ccccc4C54c5ccccc5-c5ccccc54)cc3)cc21. The van der Waals surface area contributed by atoms with Gasteiger partial charge in [0.25, 0.3) is 0 Å². The van der Waals surface area contributed by atoms with E-state index in [1.54, 1.807) is 0 Å². The first-order chi connectivity index (χ1) is 41.7. The second-order valence-electron chi connectivity index (χ2n) is 23.2. The molecule has 3 spiro atoms. The average molecular weight is 1070 g/mol. The normalized spacial score (nSPS) is 14.9. The van der Waals surface area contributed by atoms with Crippen LogP contribution in [0, 0.1) is 0 Å². The van der Waals surface area contributed by atoms with Gasteiger partial charge in [0, 0.05) is 39.2 Å². The van der Waals surface area contributed by atoms with Gasteiger partial charge in [-0.05, 0) is 155 Å². The Morgan fingerprint density at radius 3 is 1.00 bits per heavy atom. The van der Waals surface area contributed by atoms with Crippen molar-refractivity contribution in [1.82, 2.24) is 0 Å². The van der Waals surface area contributed by atoms with Gasteiger partial charge in [0.05, 0.1) is 21.9 Å². The number of rotatable bonds is 4. The third-order valence-electron chi connectivity index (χ3n) is 19.6. The van der Waals surface area contributed by atoms with Crippen LogP contribution in [0.2, 0.25) is 0 Å². The van der Waals surface area contributed by atoms with E-state index in [9.17, 15) is 0 Å². The van der Waals surface area contributed by atoms with Crippen LogP contribution in [0.3, 0.4) is 0 Å². The summed E-state index contributed by atoms with van der Waals surface area (Å²) in [5.41, 5.74) is 28.8. The molecular formula is C81H49NO2. The molecule has 0 bridgehead atoms. The quantitative estimate of drug-likeness (QED) is 0.175. The van der Waals surface area contributed by atoms with Crippen LogP contribution in [0.25, 0.3) is 55.6 Å². The van der Waals surface area contributed by atoms with E-state index in [1.807, 2.05) is 0 Å². The van der Waals surface area contributed by atoms with E-state index < -0.39 is 16.2 Å². The molecule has 3 heteroatoms. The first-order valence-electron chi connectivity index (χ1n) is 29.2. The van der Waals surface area contributed by atoms with Crippen LogP contribution in [-0.2, 0) is 16.2 Å². The lowest BCUT2D eigenvalue weighted by atomic mass is 9.66. The van der Waals surface area contributed by atoms with Crippen LogP contribution >= 0.6 is 0 Å². The summed E-state index contributed by atoms with van der Waals surface area (Å²) in [6.45, 7) is 0.